The van der Waals surface area contributed by atoms with Crippen LogP contribution in [0.1, 0.15) is 82.0 Å². The van der Waals surface area contributed by atoms with Crippen LogP contribution in [0.3, 0.4) is 0 Å². The number of carbonyl (C=O) groups is 2. The minimum absolute atomic E-state index is 0.246. The molecule has 0 spiro atoms. The second kappa shape index (κ2) is 14.4. The molecular weight excluding hydrogens is 524 g/mol. The van der Waals surface area contributed by atoms with Gasteiger partial charge in [0.15, 0.2) is 6.04 Å². The molecule has 1 N–H and O–H groups in total. The molecule has 7 nitrogen and oxygen atoms in total. The molecule has 3 rings (SSSR count). The van der Waals surface area contributed by atoms with Gasteiger partial charge < -0.3 is 19.2 Å². The number of fused-ring (bicyclic) bond motifs is 1. The Morgan fingerprint density at radius 1 is 1.27 bits per heavy atom. The summed E-state index contributed by atoms with van der Waals surface area (Å²) >= 11 is 1.97. The summed E-state index contributed by atoms with van der Waals surface area (Å²) in [5.41, 5.74) is 2.33. The van der Waals surface area contributed by atoms with Gasteiger partial charge in [-0.3, -0.25) is 4.79 Å². The first-order chi connectivity index (χ1) is 19.0. The summed E-state index contributed by atoms with van der Waals surface area (Å²) in [4.78, 5) is 31.3. The van der Waals surface area contributed by atoms with Crippen LogP contribution < -0.4 is 4.74 Å². The third kappa shape index (κ3) is 8.88. The third-order valence-electron chi connectivity index (χ3n) is 6.54. The van der Waals surface area contributed by atoms with Crippen LogP contribution in [0.15, 0.2) is 53.0 Å². The van der Waals surface area contributed by atoms with Gasteiger partial charge in [-0.25, -0.2) is 9.78 Å². The van der Waals surface area contributed by atoms with Crippen LogP contribution in [0, 0.1) is 6.92 Å². The molecule has 1 aromatic carbocycles. The maximum Gasteiger partial charge on any atom is 0.331 e. The molecule has 1 amide bonds. The molecule has 0 fully saturated rings. The number of oxazole rings is 1. The van der Waals surface area contributed by atoms with Gasteiger partial charge in [-0.15, -0.1) is 0 Å². The number of aromatic nitrogens is 1. The summed E-state index contributed by atoms with van der Waals surface area (Å²) in [7, 11) is 0. The SMILES string of the molecule is CC=CC=CC(=O)N1C(C(=O)O)c2cc(OCCc3nc(C=CCCCSC(C)(C)C)oc3C)ccc2C[C@@H]1C. The zero-order chi connectivity index (χ0) is 29.3. The highest BCUT2D eigenvalue weighted by molar-refractivity contribution is 8.00. The normalized spacial score (nSPS) is 17.7. The number of nitrogens with zero attached hydrogens (tertiary/aromatic N) is 2. The Morgan fingerprint density at radius 2 is 2.05 bits per heavy atom. The monoisotopic (exact) mass is 566 g/mol. The van der Waals surface area contributed by atoms with Gasteiger partial charge in [0.2, 0.25) is 11.8 Å². The molecule has 1 aliphatic rings. The van der Waals surface area contributed by atoms with Crippen molar-refractivity contribution in [2.24, 2.45) is 0 Å². The van der Waals surface area contributed by atoms with E-state index in [1.165, 1.54) is 11.0 Å². The predicted octanol–water partition coefficient (Wildman–Crippen LogP) is 6.96. The number of carboxylic acid groups (broad SMARTS) is 1. The Hall–Kier alpha value is -3.26. The lowest BCUT2D eigenvalue weighted by Crippen LogP contribution is -2.48. The minimum Gasteiger partial charge on any atom is -0.493 e. The molecule has 0 saturated carbocycles. The highest BCUT2D eigenvalue weighted by Gasteiger charge is 2.39. The molecular formula is C32H42N2O5S. The van der Waals surface area contributed by atoms with Crippen molar-refractivity contribution in [2.45, 2.75) is 84.1 Å². The molecule has 1 unspecified atom stereocenters. The first-order valence-electron chi connectivity index (χ1n) is 13.9. The van der Waals surface area contributed by atoms with Crippen LogP contribution in [0.25, 0.3) is 6.08 Å². The second-order valence-corrected chi connectivity index (χ2v) is 12.9. The Morgan fingerprint density at radius 3 is 2.75 bits per heavy atom. The number of rotatable bonds is 12. The van der Waals surface area contributed by atoms with Crippen molar-refractivity contribution in [1.82, 2.24) is 9.88 Å². The molecule has 0 aliphatic carbocycles. The van der Waals surface area contributed by atoms with E-state index in [9.17, 15) is 14.7 Å². The molecule has 1 aliphatic heterocycles. The fraction of sp³-hybridized carbons (Fsp3) is 0.469. The maximum atomic E-state index is 12.9. The van der Waals surface area contributed by atoms with Gasteiger partial charge in [-0.2, -0.15) is 11.8 Å². The van der Waals surface area contributed by atoms with Crippen LogP contribution >= 0.6 is 11.8 Å². The molecule has 40 heavy (non-hydrogen) atoms. The molecule has 8 heteroatoms. The Kier molecular flexibility index (Phi) is 11.3. The lowest BCUT2D eigenvalue weighted by molar-refractivity contribution is -0.151. The fourth-order valence-corrected chi connectivity index (χ4v) is 5.56. The van der Waals surface area contributed by atoms with E-state index in [-0.39, 0.29) is 11.9 Å². The van der Waals surface area contributed by atoms with Crippen molar-refractivity contribution in [3.63, 3.8) is 0 Å². The number of unbranched alkanes of at least 4 members (excludes halogenated alkanes) is 1. The van der Waals surface area contributed by atoms with E-state index in [2.05, 4.69) is 31.8 Å². The summed E-state index contributed by atoms with van der Waals surface area (Å²) in [6.07, 6.45) is 13.8. The van der Waals surface area contributed by atoms with Crippen LogP contribution in [0.4, 0.5) is 0 Å². The van der Waals surface area contributed by atoms with Crippen molar-refractivity contribution >= 4 is 29.7 Å². The number of carbonyl (C=O) groups excluding carboxylic acids is 1. The highest BCUT2D eigenvalue weighted by Crippen LogP contribution is 2.36. The van der Waals surface area contributed by atoms with Crippen LogP contribution in [0.2, 0.25) is 0 Å². The lowest BCUT2D eigenvalue weighted by atomic mass is 9.88. The quantitative estimate of drug-likeness (QED) is 0.169. The van der Waals surface area contributed by atoms with Gasteiger partial charge in [0, 0.05) is 23.3 Å². The van der Waals surface area contributed by atoms with E-state index in [1.807, 2.05) is 56.8 Å². The number of amides is 1. The smallest absolute Gasteiger partial charge is 0.331 e. The Labute approximate surface area is 242 Å². The van der Waals surface area contributed by atoms with E-state index in [0.717, 1.165) is 35.6 Å². The number of thioether (sulfide) groups is 1. The lowest BCUT2D eigenvalue weighted by Gasteiger charge is -2.39. The van der Waals surface area contributed by atoms with Gasteiger partial charge in [0.05, 0.1) is 12.3 Å². The number of aryl methyl sites for hydroxylation is 1. The van der Waals surface area contributed by atoms with E-state index in [1.54, 1.807) is 18.2 Å². The molecule has 0 bridgehead atoms. The van der Waals surface area contributed by atoms with Crippen molar-refractivity contribution in [3.05, 3.63) is 77.1 Å². The molecule has 2 heterocycles. The topological polar surface area (TPSA) is 92.9 Å². The number of ether oxygens (including phenoxy) is 1. The number of benzene rings is 1. The van der Waals surface area contributed by atoms with Gasteiger partial charge in [0.25, 0.3) is 0 Å². The molecule has 2 aromatic rings. The van der Waals surface area contributed by atoms with Crippen LogP contribution in [-0.4, -0.2) is 50.0 Å². The summed E-state index contributed by atoms with van der Waals surface area (Å²) in [6, 6.07) is 4.18. The van der Waals surface area contributed by atoms with Crippen LogP contribution in [-0.2, 0) is 22.4 Å². The van der Waals surface area contributed by atoms with Crippen molar-refractivity contribution in [1.29, 1.82) is 0 Å². The second-order valence-electron chi connectivity index (χ2n) is 10.9. The average Bonchev–Trinajstić information content (AvgIpc) is 3.23. The van der Waals surface area contributed by atoms with E-state index < -0.39 is 12.0 Å². The number of allylic oxidation sites excluding steroid dienone is 4. The summed E-state index contributed by atoms with van der Waals surface area (Å²) in [6.45, 7) is 12.7. The zero-order valence-corrected chi connectivity index (χ0v) is 25.3. The molecule has 0 radical (unpaired) electrons. The van der Waals surface area contributed by atoms with Crippen molar-refractivity contribution < 1.29 is 23.8 Å². The number of hydrogen-bond acceptors (Lipinski definition) is 6. The summed E-state index contributed by atoms with van der Waals surface area (Å²) < 4.78 is 12.1. The van der Waals surface area contributed by atoms with E-state index in [0.29, 0.717) is 41.4 Å². The van der Waals surface area contributed by atoms with E-state index >= 15 is 0 Å². The van der Waals surface area contributed by atoms with Gasteiger partial charge in [0.1, 0.15) is 11.5 Å². The zero-order valence-electron chi connectivity index (χ0n) is 24.5. The predicted molar refractivity (Wildman–Crippen MR) is 162 cm³/mol. The molecule has 2 atom stereocenters. The van der Waals surface area contributed by atoms with Crippen LogP contribution in [0.5, 0.6) is 5.75 Å². The van der Waals surface area contributed by atoms with Gasteiger partial charge in [-0.05, 0) is 75.1 Å². The Balaban J connectivity index is 1.62. The fourth-order valence-electron chi connectivity index (χ4n) is 4.64. The first kappa shape index (κ1) is 31.3. The van der Waals surface area contributed by atoms with Gasteiger partial charge >= 0.3 is 5.97 Å². The van der Waals surface area contributed by atoms with E-state index in [4.69, 9.17) is 9.15 Å². The highest BCUT2D eigenvalue weighted by atomic mass is 32.2. The third-order valence-corrected chi connectivity index (χ3v) is 7.90. The summed E-state index contributed by atoms with van der Waals surface area (Å²) in [5, 5.41) is 10.1. The maximum absolute atomic E-state index is 12.9. The minimum atomic E-state index is -1.08. The summed E-state index contributed by atoms with van der Waals surface area (Å²) in [5.74, 6) is 1.65. The van der Waals surface area contributed by atoms with Gasteiger partial charge in [-0.1, -0.05) is 51.1 Å². The standard InChI is InChI=1S/C32H42N2O5S/c1-7-8-10-14-29(35)34-22(2)20-24-15-16-25(21-26(24)30(34)31(36)37)38-18-17-27-23(3)39-28(33-27)13-11-9-12-19-40-32(4,5)6/h7-8,10-11,13-16,21-22,30H,9,12,17-20H2,1-6H3,(H,36,37)/t22-,30?/m0/s1. The number of aliphatic carboxylic acids is 1. The average molecular weight is 567 g/mol. The van der Waals surface area contributed by atoms with Crippen molar-refractivity contribution in [3.8, 4) is 5.75 Å². The molecule has 216 valence electrons. The molecule has 1 aromatic heterocycles. The first-order valence-corrected chi connectivity index (χ1v) is 14.9. The Bertz CT molecular complexity index is 1250. The largest absolute Gasteiger partial charge is 0.493 e. The van der Waals surface area contributed by atoms with Crippen molar-refractivity contribution in [2.75, 3.05) is 12.4 Å². The molecule has 0 saturated heterocycles. The number of carboxylic acids is 1. The number of hydrogen-bond donors (Lipinski definition) is 1.